The van der Waals surface area contributed by atoms with Crippen LogP contribution in [0.5, 0.6) is 0 Å². The summed E-state index contributed by atoms with van der Waals surface area (Å²) in [5.74, 6) is -0.0922. The first-order valence-electron chi connectivity index (χ1n) is 6.64. The monoisotopic (exact) mass is 291 g/mol. The summed E-state index contributed by atoms with van der Waals surface area (Å²) in [6.07, 6.45) is 6.50. The molecule has 0 bridgehead atoms. The zero-order chi connectivity index (χ0) is 14.1. The fourth-order valence-electron chi connectivity index (χ4n) is 2.68. The lowest BCUT2D eigenvalue weighted by Crippen LogP contribution is -2.33. The zero-order valence-electron chi connectivity index (χ0n) is 11.3. The van der Waals surface area contributed by atoms with E-state index in [9.17, 15) is 4.79 Å². The SMILES string of the molecule is COC1CCC(NC(=O)c2sc3cnccc3c2N)C1. The van der Waals surface area contributed by atoms with Crippen LogP contribution in [0.4, 0.5) is 5.69 Å². The third-order valence-corrected chi connectivity index (χ3v) is 4.95. The van der Waals surface area contributed by atoms with Gasteiger partial charge in [0.05, 0.1) is 16.5 Å². The molecular weight excluding hydrogens is 274 g/mol. The Hall–Kier alpha value is -1.66. The molecule has 0 saturated heterocycles. The highest BCUT2D eigenvalue weighted by Gasteiger charge is 2.27. The molecule has 0 aromatic carbocycles. The fraction of sp³-hybridized carbons (Fsp3) is 0.429. The van der Waals surface area contributed by atoms with Crippen molar-refractivity contribution in [2.75, 3.05) is 12.8 Å². The quantitative estimate of drug-likeness (QED) is 0.908. The highest BCUT2D eigenvalue weighted by molar-refractivity contribution is 7.21. The number of nitrogens with zero attached hydrogens (tertiary/aromatic N) is 1. The predicted octanol–water partition coefficient (Wildman–Crippen LogP) is 2.18. The van der Waals surface area contributed by atoms with Crippen molar-refractivity contribution in [3.8, 4) is 0 Å². The molecule has 2 aromatic heterocycles. The number of nitrogen functional groups attached to an aromatic ring is 1. The van der Waals surface area contributed by atoms with Crippen molar-refractivity contribution < 1.29 is 9.53 Å². The second kappa shape index (κ2) is 5.38. The normalized spacial score (nSPS) is 22.2. The number of ether oxygens (including phenoxy) is 1. The molecule has 1 saturated carbocycles. The van der Waals surface area contributed by atoms with Gasteiger partial charge in [-0.2, -0.15) is 0 Å². The van der Waals surface area contributed by atoms with Crippen LogP contribution in [0.25, 0.3) is 10.1 Å². The Bertz CT molecular complexity index is 640. The van der Waals surface area contributed by atoms with Crippen LogP contribution in [0.15, 0.2) is 18.5 Å². The smallest absolute Gasteiger partial charge is 0.263 e. The molecule has 1 aliphatic rings. The largest absolute Gasteiger partial charge is 0.397 e. The van der Waals surface area contributed by atoms with Gasteiger partial charge in [0.15, 0.2) is 0 Å². The standard InChI is InChI=1S/C14H17N3O2S/c1-19-9-3-2-8(6-9)17-14(18)13-12(15)10-4-5-16-7-11(10)20-13/h4-5,7-9H,2-3,6,15H2,1H3,(H,17,18). The van der Waals surface area contributed by atoms with Crippen LogP contribution in [0.2, 0.25) is 0 Å². The molecule has 1 fully saturated rings. The van der Waals surface area contributed by atoms with Gasteiger partial charge in [-0.15, -0.1) is 11.3 Å². The first-order valence-corrected chi connectivity index (χ1v) is 7.46. The number of amides is 1. The Balaban J connectivity index is 1.77. The number of hydrogen-bond acceptors (Lipinski definition) is 5. The summed E-state index contributed by atoms with van der Waals surface area (Å²) in [5, 5.41) is 3.95. The van der Waals surface area contributed by atoms with Gasteiger partial charge >= 0.3 is 0 Å². The highest BCUT2D eigenvalue weighted by atomic mass is 32.1. The van der Waals surface area contributed by atoms with Crippen LogP contribution in [-0.4, -0.2) is 30.1 Å². The summed E-state index contributed by atoms with van der Waals surface area (Å²) in [7, 11) is 1.71. The van der Waals surface area contributed by atoms with Gasteiger partial charge in [0.2, 0.25) is 0 Å². The second-order valence-corrected chi connectivity index (χ2v) is 6.11. The van der Waals surface area contributed by atoms with E-state index in [4.69, 9.17) is 10.5 Å². The minimum Gasteiger partial charge on any atom is -0.397 e. The average molecular weight is 291 g/mol. The molecular formula is C14H17N3O2S. The highest BCUT2D eigenvalue weighted by Crippen LogP contribution is 2.33. The van der Waals surface area contributed by atoms with Crippen LogP contribution in [0.1, 0.15) is 28.9 Å². The van der Waals surface area contributed by atoms with Crippen LogP contribution in [0, 0.1) is 0 Å². The molecule has 0 radical (unpaired) electrons. The molecule has 2 aromatic rings. The van der Waals surface area contributed by atoms with Gasteiger partial charge in [0.25, 0.3) is 5.91 Å². The van der Waals surface area contributed by atoms with Crippen molar-refractivity contribution >= 4 is 33.0 Å². The van der Waals surface area contributed by atoms with Crippen LogP contribution in [-0.2, 0) is 4.74 Å². The molecule has 0 aliphatic heterocycles. The number of thiophene rings is 1. The Labute approximate surface area is 121 Å². The molecule has 3 N–H and O–H groups in total. The molecule has 1 amide bonds. The first kappa shape index (κ1) is 13.3. The van der Waals surface area contributed by atoms with E-state index in [2.05, 4.69) is 10.3 Å². The lowest BCUT2D eigenvalue weighted by molar-refractivity contribution is 0.0919. The molecule has 106 valence electrons. The Morgan fingerprint density at radius 2 is 2.40 bits per heavy atom. The number of carbonyl (C=O) groups is 1. The number of aromatic nitrogens is 1. The minimum absolute atomic E-state index is 0.0922. The Morgan fingerprint density at radius 3 is 3.10 bits per heavy atom. The summed E-state index contributed by atoms with van der Waals surface area (Å²) in [6.45, 7) is 0. The summed E-state index contributed by atoms with van der Waals surface area (Å²) < 4.78 is 6.26. The van der Waals surface area contributed by atoms with Crippen LogP contribution < -0.4 is 11.1 Å². The van der Waals surface area contributed by atoms with Crippen molar-refractivity contribution in [2.24, 2.45) is 0 Å². The number of methoxy groups -OCH3 is 1. The molecule has 2 atom stereocenters. The molecule has 1 aliphatic carbocycles. The van der Waals surface area contributed by atoms with E-state index in [1.807, 2.05) is 6.07 Å². The van der Waals surface area contributed by atoms with E-state index in [1.165, 1.54) is 11.3 Å². The van der Waals surface area contributed by atoms with Crippen molar-refractivity contribution in [1.82, 2.24) is 10.3 Å². The summed E-state index contributed by atoms with van der Waals surface area (Å²) in [5.41, 5.74) is 6.61. The predicted molar refractivity (Wildman–Crippen MR) is 79.9 cm³/mol. The average Bonchev–Trinajstić information content (AvgIpc) is 3.04. The van der Waals surface area contributed by atoms with Crippen molar-refractivity contribution in [1.29, 1.82) is 0 Å². The maximum absolute atomic E-state index is 12.3. The van der Waals surface area contributed by atoms with E-state index in [0.717, 1.165) is 29.3 Å². The molecule has 5 nitrogen and oxygen atoms in total. The summed E-state index contributed by atoms with van der Waals surface area (Å²) in [6, 6.07) is 2.02. The van der Waals surface area contributed by atoms with Crippen LogP contribution >= 0.6 is 11.3 Å². The van der Waals surface area contributed by atoms with Crippen molar-refractivity contribution in [2.45, 2.75) is 31.4 Å². The van der Waals surface area contributed by atoms with E-state index >= 15 is 0 Å². The number of hydrogen-bond donors (Lipinski definition) is 2. The molecule has 3 rings (SSSR count). The topological polar surface area (TPSA) is 77.2 Å². The number of fused-ring (bicyclic) bond motifs is 1. The Kier molecular flexibility index (Phi) is 3.58. The van der Waals surface area contributed by atoms with Gasteiger partial charge in [0.1, 0.15) is 4.88 Å². The molecule has 6 heteroatoms. The third kappa shape index (κ3) is 2.36. The van der Waals surface area contributed by atoms with E-state index < -0.39 is 0 Å². The van der Waals surface area contributed by atoms with Gasteiger partial charge in [-0.05, 0) is 25.3 Å². The fourth-order valence-corrected chi connectivity index (χ4v) is 3.67. The number of nitrogens with two attached hydrogens (primary N) is 1. The number of pyridine rings is 1. The summed E-state index contributed by atoms with van der Waals surface area (Å²) >= 11 is 1.39. The molecule has 20 heavy (non-hydrogen) atoms. The van der Waals surface area contributed by atoms with Gasteiger partial charge in [-0.25, -0.2) is 0 Å². The molecule has 2 heterocycles. The number of rotatable bonds is 3. The van der Waals surface area contributed by atoms with Gasteiger partial charge in [0, 0.05) is 30.9 Å². The number of nitrogens with one attached hydrogen (secondary N) is 1. The van der Waals surface area contributed by atoms with Crippen LogP contribution in [0.3, 0.4) is 0 Å². The van der Waals surface area contributed by atoms with Crippen molar-refractivity contribution in [3.05, 3.63) is 23.3 Å². The van der Waals surface area contributed by atoms with E-state index in [-0.39, 0.29) is 18.1 Å². The lowest BCUT2D eigenvalue weighted by Gasteiger charge is -2.12. The number of anilines is 1. The van der Waals surface area contributed by atoms with Gasteiger partial charge in [-0.1, -0.05) is 0 Å². The maximum Gasteiger partial charge on any atom is 0.263 e. The van der Waals surface area contributed by atoms with Gasteiger partial charge in [-0.3, -0.25) is 9.78 Å². The second-order valence-electron chi connectivity index (χ2n) is 5.06. The molecule has 0 spiro atoms. The zero-order valence-corrected chi connectivity index (χ0v) is 12.1. The Morgan fingerprint density at radius 1 is 1.55 bits per heavy atom. The van der Waals surface area contributed by atoms with E-state index in [0.29, 0.717) is 10.6 Å². The lowest BCUT2D eigenvalue weighted by atomic mass is 10.2. The third-order valence-electron chi connectivity index (χ3n) is 3.79. The molecule has 2 unspecified atom stereocenters. The van der Waals surface area contributed by atoms with E-state index in [1.54, 1.807) is 19.5 Å². The first-order chi connectivity index (χ1) is 9.69. The summed E-state index contributed by atoms with van der Waals surface area (Å²) in [4.78, 5) is 17.0. The maximum atomic E-state index is 12.3. The minimum atomic E-state index is -0.0922. The number of carbonyl (C=O) groups excluding carboxylic acids is 1. The van der Waals surface area contributed by atoms with Crippen molar-refractivity contribution in [3.63, 3.8) is 0 Å². The van der Waals surface area contributed by atoms with Gasteiger partial charge < -0.3 is 15.8 Å².